The van der Waals surface area contributed by atoms with E-state index >= 15 is 0 Å². The fraction of sp³-hybridized carbons (Fsp3) is 0.300. The van der Waals surface area contributed by atoms with E-state index in [2.05, 4.69) is 5.32 Å². The lowest BCUT2D eigenvalue weighted by atomic mass is 10.1. The number of fused-ring (bicyclic) bond motifs is 1. The molecule has 25 heavy (non-hydrogen) atoms. The van der Waals surface area contributed by atoms with E-state index in [-0.39, 0.29) is 11.8 Å². The van der Waals surface area contributed by atoms with Crippen LogP contribution in [0.2, 0.25) is 0 Å². The summed E-state index contributed by atoms with van der Waals surface area (Å²) in [5.74, 6) is -0.473. The van der Waals surface area contributed by atoms with Gasteiger partial charge in [0.15, 0.2) is 4.75 Å². The number of nitrogens with zero attached hydrogens (tertiary/aromatic N) is 1. The standard InChI is InChI=1S/C20H22N2O2S/c1-5-22-16-8-6-7-9-17(16)25-20(4,19(22)24)18(23)21-15-11-10-13(2)14(3)12-15/h6-12H,5H2,1-4H3,(H,21,23). The maximum Gasteiger partial charge on any atom is 0.252 e. The average Bonchev–Trinajstić information content (AvgIpc) is 2.59. The Labute approximate surface area is 152 Å². The van der Waals surface area contributed by atoms with E-state index in [1.807, 2.05) is 63.2 Å². The smallest absolute Gasteiger partial charge is 0.252 e. The molecule has 3 rings (SSSR count). The van der Waals surface area contributed by atoms with E-state index < -0.39 is 4.75 Å². The lowest BCUT2D eigenvalue weighted by Crippen LogP contribution is -2.54. The lowest BCUT2D eigenvalue weighted by Gasteiger charge is -2.38. The first-order valence-corrected chi connectivity index (χ1v) is 9.17. The zero-order valence-electron chi connectivity index (χ0n) is 14.9. The first-order valence-electron chi connectivity index (χ1n) is 8.35. The van der Waals surface area contributed by atoms with Gasteiger partial charge >= 0.3 is 0 Å². The summed E-state index contributed by atoms with van der Waals surface area (Å²) in [7, 11) is 0. The van der Waals surface area contributed by atoms with Crippen LogP contribution < -0.4 is 10.2 Å². The number of aryl methyl sites for hydroxylation is 2. The number of carbonyl (C=O) groups excluding carboxylic acids is 2. The molecule has 1 N–H and O–H groups in total. The van der Waals surface area contributed by atoms with Crippen molar-refractivity contribution in [2.45, 2.75) is 37.3 Å². The van der Waals surface area contributed by atoms with Gasteiger partial charge in [0.05, 0.1) is 5.69 Å². The fourth-order valence-corrected chi connectivity index (χ4v) is 4.13. The van der Waals surface area contributed by atoms with Gasteiger partial charge in [-0.05, 0) is 63.1 Å². The quantitative estimate of drug-likeness (QED) is 0.842. The molecule has 1 aliphatic heterocycles. The van der Waals surface area contributed by atoms with Gasteiger partial charge in [-0.2, -0.15) is 0 Å². The van der Waals surface area contributed by atoms with Crippen molar-refractivity contribution in [2.75, 3.05) is 16.8 Å². The van der Waals surface area contributed by atoms with Crippen LogP contribution in [0.3, 0.4) is 0 Å². The van der Waals surface area contributed by atoms with E-state index in [0.717, 1.165) is 16.1 Å². The minimum absolute atomic E-state index is 0.181. The molecule has 4 nitrogen and oxygen atoms in total. The Bertz CT molecular complexity index is 849. The molecule has 0 spiro atoms. The minimum atomic E-state index is -1.19. The number of thioether (sulfide) groups is 1. The third-order valence-electron chi connectivity index (χ3n) is 4.64. The summed E-state index contributed by atoms with van der Waals surface area (Å²) in [6.45, 7) is 8.19. The van der Waals surface area contributed by atoms with E-state index in [1.165, 1.54) is 17.3 Å². The van der Waals surface area contributed by atoms with Gasteiger partial charge in [0.1, 0.15) is 0 Å². The van der Waals surface area contributed by atoms with Gasteiger partial charge in [0.2, 0.25) is 5.91 Å². The third-order valence-corrected chi connectivity index (χ3v) is 5.97. The van der Waals surface area contributed by atoms with Crippen LogP contribution in [0.15, 0.2) is 47.4 Å². The molecule has 0 bridgehead atoms. The highest BCUT2D eigenvalue weighted by Crippen LogP contribution is 2.45. The number of benzene rings is 2. The van der Waals surface area contributed by atoms with Crippen LogP contribution in [0.25, 0.3) is 0 Å². The summed E-state index contributed by atoms with van der Waals surface area (Å²) in [5, 5.41) is 2.92. The molecule has 130 valence electrons. The van der Waals surface area contributed by atoms with Crippen molar-refractivity contribution in [3.05, 3.63) is 53.6 Å². The first kappa shape index (κ1) is 17.5. The molecule has 0 saturated carbocycles. The second-order valence-corrected chi connectivity index (χ2v) is 7.87. The minimum Gasteiger partial charge on any atom is -0.324 e. The molecular formula is C20H22N2O2S. The number of carbonyl (C=O) groups is 2. The van der Waals surface area contributed by atoms with Crippen molar-refractivity contribution in [3.63, 3.8) is 0 Å². The summed E-state index contributed by atoms with van der Waals surface area (Å²) in [4.78, 5) is 28.7. The van der Waals surface area contributed by atoms with Gasteiger partial charge in [0.25, 0.3) is 5.91 Å². The second kappa shape index (κ2) is 6.56. The molecule has 0 radical (unpaired) electrons. The number of para-hydroxylation sites is 1. The Hall–Kier alpha value is -2.27. The number of hydrogen-bond donors (Lipinski definition) is 1. The number of anilines is 2. The molecule has 0 saturated heterocycles. The summed E-state index contributed by atoms with van der Waals surface area (Å²) in [6, 6.07) is 13.5. The Balaban J connectivity index is 1.93. The van der Waals surface area contributed by atoms with Crippen LogP contribution in [-0.4, -0.2) is 23.1 Å². The zero-order valence-corrected chi connectivity index (χ0v) is 15.7. The monoisotopic (exact) mass is 354 g/mol. The molecule has 1 aliphatic rings. The third kappa shape index (κ3) is 3.04. The number of amides is 2. The molecule has 2 amide bonds. The van der Waals surface area contributed by atoms with Crippen LogP contribution >= 0.6 is 11.8 Å². The van der Waals surface area contributed by atoms with Crippen molar-refractivity contribution in [1.82, 2.24) is 0 Å². The number of hydrogen-bond acceptors (Lipinski definition) is 3. The predicted octanol–water partition coefficient (Wildman–Crippen LogP) is 4.16. The Kier molecular flexibility index (Phi) is 4.60. The van der Waals surface area contributed by atoms with Crippen LogP contribution in [0.1, 0.15) is 25.0 Å². The van der Waals surface area contributed by atoms with Crippen LogP contribution in [0.4, 0.5) is 11.4 Å². The molecule has 0 aromatic heterocycles. The van der Waals surface area contributed by atoms with Gasteiger partial charge in [-0.15, -0.1) is 0 Å². The Morgan fingerprint density at radius 3 is 2.56 bits per heavy atom. The molecule has 1 heterocycles. The first-order chi connectivity index (χ1) is 11.9. The second-order valence-electron chi connectivity index (χ2n) is 6.41. The van der Waals surface area contributed by atoms with E-state index in [1.54, 1.807) is 11.8 Å². The largest absolute Gasteiger partial charge is 0.324 e. The van der Waals surface area contributed by atoms with Crippen LogP contribution in [-0.2, 0) is 9.59 Å². The van der Waals surface area contributed by atoms with Gasteiger partial charge in [0, 0.05) is 17.1 Å². The molecule has 2 aromatic carbocycles. The van der Waals surface area contributed by atoms with Crippen molar-refractivity contribution in [3.8, 4) is 0 Å². The molecule has 2 aromatic rings. The van der Waals surface area contributed by atoms with Gasteiger partial charge in [-0.1, -0.05) is 30.0 Å². The zero-order chi connectivity index (χ0) is 18.2. The van der Waals surface area contributed by atoms with Gasteiger partial charge < -0.3 is 10.2 Å². The summed E-state index contributed by atoms with van der Waals surface area (Å²) in [5.41, 5.74) is 3.85. The Morgan fingerprint density at radius 2 is 1.88 bits per heavy atom. The number of nitrogens with one attached hydrogen (secondary N) is 1. The SMILES string of the molecule is CCN1C(=O)C(C)(C(=O)Nc2ccc(C)c(C)c2)Sc2ccccc21. The van der Waals surface area contributed by atoms with Gasteiger partial charge in [-0.25, -0.2) is 0 Å². The average molecular weight is 354 g/mol. The highest BCUT2D eigenvalue weighted by atomic mass is 32.2. The Morgan fingerprint density at radius 1 is 1.16 bits per heavy atom. The molecule has 1 atom stereocenters. The van der Waals surface area contributed by atoms with E-state index in [9.17, 15) is 9.59 Å². The topological polar surface area (TPSA) is 49.4 Å². The molecule has 0 aliphatic carbocycles. The van der Waals surface area contributed by atoms with Gasteiger partial charge in [-0.3, -0.25) is 9.59 Å². The predicted molar refractivity (Wildman–Crippen MR) is 103 cm³/mol. The fourth-order valence-electron chi connectivity index (χ4n) is 2.92. The lowest BCUT2D eigenvalue weighted by molar-refractivity contribution is -0.128. The molecule has 1 unspecified atom stereocenters. The summed E-state index contributed by atoms with van der Waals surface area (Å²) >= 11 is 1.32. The van der Waals surface area contributed by atoms with Crippen molar-refractivity contribution < 1.29 is 9.59 Å². The van der Waals surface area contributed by atoms with Crippen LogP contribution in [0, 0.1) is 13.8 Å². The normalized spacial score (nSPS) is 19.5. The highest BCUT2D eigenvalue weighted by Gasteiger charge is 2.48. The molecular weight excluding hydrogens is 332 g/mol. The summed E-state index contributed by atoms with van der Waals surface area (Å²) in [6.07, 6.45) is 0. The maximum absolute atomic E-state index is 13.0. The highest BCUT2D eigenvalue weighted by molar-refractivity contribution is 8.02. The molecule has 5 heteroatoms. The molecule has 0 fully saturated rings. The van der Waals surface area contributed by atoms with Crippen LogP contribution in [0.5, 0.6) is 0 Å². The van der Waals surface area contributed by atoms with Crippen molar-refractivity contribution in [2.24, 2.45) is 0 Å². The maximum atomic E-state index is 13.0. The number of rotatable bonds is 3. The van der Waals surface area contributed by atoms with E-state index in [4.69, 9.17) is 0 Å². The van der Waals surface area contributed by atoms with E-state index in [0.29, 0.717) is 12.2 Å². The van der Waals surface area contributed by atoms with Crippen molar-refractivity contribution in [1.29, 1.82) is 0 Å². The summed E-state index contributed by atoms with van der Waals surface area (Å²) < 4.78 is -1.19. The van der Waals surface area contributed by atoms with Crippen molar-refractivity contribution >= 4 is 35.0 Å².